The van der Waals surface area contributed by atoms with E-state index in [1.807, 2.05) is 6.92 Å². The first-order chi connectivity index (χ1) is 10.6. The molecule has 0 heterocycles. The number of esters is 1. The van der Waals surface area contributed by atoms with E-state index >= 15 is 0 Å². The van der Waals surface area contributed by atoms with Crippen LogP contribution in [0.3, 0.4) is 0 Å². The maximum Gasteiger partial charge on any atom is 0.306 e. The molecule has 0 aromatic carbocycles. The van der Waals surface area contributed by atoms with E-state index in [0.29, 0.717) is 6.42 Å². The number of ether oxygens (including phenoxy) is 1. The first kappa shape index (κ1) is 20.9. The topological polar surface area (TPSA) is 63.6 Å². The Balaban J connectivity index is 3.38. The van der Waals surface area contributed by atoms with Gasteiger partial charge in [-0.3, -0.25) is 9.59 Å². The van der Waals surface area contributed by atoms with E-state index in [4.69, 9.17) is 9.84 Å². The van der Waals surface area contributed by atoms with Crippen LogP contribution in [0, 0.1) is 0 Å². The van der Waals surface area contributed by atoms with E-state index in [9.17, 15) is 9.59 Å². The Bertz CT molecular complexity index is 289. The van der Waals surface area contributed by atoms with Crippen LogP contribution in [0.4, 0.5) is 0 Å². The Morgan fingerprint density at radius 3 is 2.05 bits per heavy atom. The number of hydrogen-bond acceptors (Lipinski definition) is 3. The summed E-state index contributed by atoms with van der Waals surface area (Å²) in [6, 6.07) is 0. The standard InChI is InChI=1S/C18H34O4/c1-3-4-5-7-10-13-16(2)22-18(21)15-12-9-6-8-11-14-17(19)20/h16H,3-15H2,1-2H3,(H,19,20). The van der Waals surface area contributed by atoms with Crippen molar-refractivity contribution < 1.29 is 19.4 Å². The molecule has 0 aliphatic carbocycles. The minimum Gasteiger partial charge on any atom is -0.481 e. The highest BCUT2D eigenvalue weighted by atomic mass is 16.5. The molecular weight excluding hydrogens is 280 g/mol. The summed E-state index contributed by atoms with van der Waals surface area (Å²) in [5.74, 6) is -0.821. The van der Waals surface area contributed by atoms with Gasteiger partial charge in [0.1, 0.15) is 0 Å². The van der Waals surface area contributed by atoms with Gasteiger partial charge >= 0.3 is 11.9 Å². The van der Waals surface area contributed by atoms with Crippen molar-refractivity contribution in [2.24, 2.45) is 0 Å². The molecule has 0 fully saturated rings. The fourth-order valence-corrected chi connectivity index (χ4v) is 2.45. The lowest BCUT2D eigenvalue weighted by Crippen LogP contribution is -2.14. The summed E-state index contributed by atoms with van der Waals surface area (Å²) >= 11 is 0. The zero-order chi connectivity index (χ0) is 16.6. The van der Waals surface area contributed by atoms with E-state index in [2.05, 4.69) is 6.92 Å². The van der Waals surface area contributed by atoms with Gasteiger partial charge in [0.2, 0.25) is 0 Å². The summed E-state index contributed by atoms with van der Waals surface area (Å²) < 4.78 is 5.40. The largest absolute Gasteiger partial charge is 0.481 e. The number of rotatable bonds is 15. The molecular formula is C18H34O4. The third-order valence-corrected chi connectivity index (χ3v) is 3.82. The van der Waals surface area contributed by atoms with E-state index in [1.165, 1.54) is 25.7 Å². The molecule has 0 saturated carbocycles. The highest BCUT2D eigenvalue weighted by Gasteiger charge is 2.09. The van der Waals surface area contributed by atoms with Gasteiger partial charge in [0.15, 0.2) is 0 Å². The van der Waals surface area contributed by atoms with Crippen LogP contribution in [0.1, 0.15) is 97.3 Å². The van der Waals surface area contributed by atoms with Crippen molar-refractivity contribution in [3.05, 3.63) is 0 Å². The minimum absolute atomic E-state index is 0.0321. The van der Waals surface area contributed by atoms with Gasteiger partial charge in [0.05, 0.1) is 6.10 Å². The predicted octanol–water partition coefficient (Wildman–Crippen LogP) is 5.09. The van der Waals surface area contributed by atoms with Gasteiger partial charge < -0.3 is 9.84 Å². The zero-order valence-electron chi connectivity index (χ0n) is 14.4. The summed E-state index contributed by atoms with van der Waals surface area (Å²) in [6.07, 6.45) is 12.4. The van der Waals surface area contributed by atoms with Crippen LogP contribution < -0.4 is 0 Å². The molecule has 4 nitrogen and oxygen atoms in total. The van der Waals surface area contributed by atoms with Gasteiger partial charge in [0.25, 0.3) is 0 Å². The molecule has 130 valence electrons. The Kier molecular flexibility index (Phi) is 14.1. The average Bonchev–Trinajstić information content (AvgIpc) is 2.45. The summed E-state index contributed by atoms with van der Waals surface area (Å²) in [4.78, 5) is 22.0. The Morgan fingerprint density at radius 1 is 0.864 bits per heavy atom. The number of carbonyl (C=O) groups is 2. The van der Waals surface area contributed by atoms with Gasteiger partial charge in [-0.1, -0.05) is 51.9 Å². The van der Waals surface area contributed by atoms with Crippen molar-refractivity contribution in [1.29, 1.82) is 0 Å². The summed E-state index contributed by atoms with van der Waals surface area (Å²) in [5.41, 5.74) is 0. The molecule has 1 atom stereocenters. The molecule has 4 heteroatoms. The lowest BCUT2D eigenvalue weighted by molar-refractivity contribution is -0.148. The van der Waals surface area contributed by atoms with E-state index in [1.54, 1.807) is 0 Å². The highest BCUT2D eigenvalue weighted by Crippen LogP contribution is 2.12. The van der Waals surface area contributed by atoms with Crippen LogP contribution in [-0.2, 0) is 14.3 Å². The molecule has 22 heavy (non-hydrogen) atoms. The summed E-state index contributed by atoms with van der Waals surface area (Å²) in [7, 11) is 0. The quantitative estimate of drug-likeness (QED) is 0.337. The molecule has 0 amide bonds. The molecule has 0 aliphatic heterocycles. The smallest absolute Gasteiger partial charge is 0.306 e. The average molecular weight is 314 g/mol. The fourth-order valence-electron chi connectivity index (χ4n) is 2.45. The summed E-state index contributed by atoms with van der Waals surface area (Å²) in [6.45, 7) is 4.18. The van der Waals surface area contributed by atoms with Crippen molar-refractivity contribution >= 4 is 11.9 Å². The van der Waals surface area contributed by atoms with Crippen LogP contribution >= 0.6 is 0 Å². The maximum absolute atomic E-state index is 11.7. The Morgan fingerprint density at radius 2 is 1.41 bits per heavy atom. The van der Waals surface area contributed by atoms with E-state index < -0.39 is 5.97 Å². The Hall–Kier alpha value is -1.06. The van der Waals surface area contributed by atoms with Crippen LogP contribution in [-0.4, -0.2) is 23.1 Å². The molecule has 0 saturated heterocycles. The van der Waals surface area contributed by atoms with Crippen molar-refractivity contribution in [2.45, 2.75) is 103 Å². The number of unbranched alkanes of at least 4 members (excludes halogenated alkanes) is 8. The molecule has 0 aromatic rings. The zero-order valence-corrected chi connectivity index (χ0v) is 14.4. The molecule has 0 radical (unpaired) electrons. The van der Waals surface area contributed by atoms with Crippen molar-refractivity contribution in [3.8, 4) is 0 Å². The first-order valence-corrected chi connectivity index (χ1v) is 8.97. The third kappa shape index (κ3) is 15.3. The molecule has 1 N–H and O–H groups in total. The van der Waals surface area contributed by atoms with Gasteiger partial charge in [-0.25, -0.2) is 0 Å². The number of carboxylic acid groups (broad SMARTS) is 1. The second-order valence-electron chi connectivity index (χ2n) is 6.16. The van der Waals surface area contributed by atoms with Crippen molar-refractivity contribution in [3.63, 3.8) is 0 Å². The third-order valence-electron chi connectivity index (χ3n) is 3.82. The van der Waals surface area contributed by atoms with Crippen molar-refractivity contribution in [2.75, 3.05) is 0 Å². The number of hydrogen-bond donors (Lipinski definition) is 1. The molecule has 0 rings (SSSR count). The van der Waals surface area contributed by atoms with Gasteiger partial charge in [0, 0.05) is 12.8 Å². The van der Waals surface area contributed by atoms with E-state index in [0.717, 1.165) is 44.9 Å². The molecule has 1 unspecified atom stereocenters. The van der Waals surface area contributed by atoms with Gasteiger partial charge in [-0.05, 0) is 32.6 Å². The normalized spacial score (nSPS) is 12.1. The SMILES string of the molecule is CCCCCCCC(C)OC(=O)CCCCCCCC(=O)O. The number of carboxylic acids is 1. The van der Waals surface area contributed by atoms with E-state index in [-0.39, 0.29) is 18.5 Å². The fraction of sp³-hybridized carbons (Fsp3) is 0.889. The lowest BCUT2D eigenvalue weighted by atomic mass is 10.1. The highest BCUT2D eigenvalue weighted by molar-refractivity contribution is 5.69. The molecule has 0 spiro atoms. The van der Waals surface area contributed by atoms with Gasteiger partial charge in [-0.2, -0.15) is 0 Å². The van der Waals surface area contributed by atoms with Crippen molar-refractivity contribution in [1.82, 2.24) is 0 Å². The second kappa shape index (κ2) is 14.9. The molecule has 0 aliphatic rings. The molecule has 0 aromatic heterocycles. The lowest BCUT2D eigenvalue weighted by Gasteiger charge is -2.13. The molecule has 0 bridgehead atoms. The van der Waals surface area contributed by atoms with Crippen LogP contribution in [0.25, 0.3) is 0 Å². The number of aliphatic carboxylic acids is 1. The maximum atomic E-state index is 11.7. The predicted molar refractivity (Wildman–Crippen MR) is 88.9 cm³/mol. The van der Waals surface area contributed by atoms with Crippen LogP contribution in [0.15, 0.2) is 0 Å². The monoisotopic (exact) mass is 314 g/mol. The number of carbonyl (C=O) groups excluding carboxylic acids is 1. The first-order valence-electron chi connectivity index (χ1n) is 8.97. The summed E-state index contributed by atoms with van der Waals surface area (Å²) in [5, 5.41) is 8.52. The van der Waals surface area contributed by atoms with Crippen LogP contribution in [0.2, 0.25) is 0 Å². The van der Waals surface area contributed by atoms with Crippen LogP contribution in [0.5, 0.6) is 0 Å². The second-order valence-corrected chi connectivity index (χ2v) is 6.16. The Labute approximate surface area is 135 Å². The van der Waals surface area contributed by atoms with Gasteiger partial charge in [-0.15, -0.1) is 0 Å². The minimum atomic E-state index is -0.729.